The molecule has 3 rings (SSSR count). The molecule has 0 aliphatic rings. The zero-order valence-corrected chi connectivity index (χ0v) is 12.3. The summed E-state index contributed by atoms with van der Waals surface area (Å²) in [5, 5.41) is 11.1. The van der Waals surface area contributed by atoms with E-state index < -0.39 is 0 Å². The van der Waals surface area contributed by atoms with Crippen LogP contribution in [0.3, 0.4) is 0 Å². The average molecular weight is 298 g/mol. The molecule has 0 spiro atoms. The summed E-state index contributed by atoms with van der Waals surface area (Å²) in [5.41, 5.74) is 2.05. The van der Waals surface area contributed by atoms with Crippen molar-refractivity contribution in [2.75, 3.05) is 6.26 Å². The summed E-state index contributed by atoms with van der Waals surface area (Å²) < 4.78 is 7.37. The Morgan fingerprint density at radius 1 is 1.05 bits per heavy atom. The standard InChI is InChI=1S/C15H14N4OS/c1-21-15-8-2-12(3-9-15)10-20-14-6-4-13(5-7-14)19-11-16-17-18-19/h2-9,11H,10H2,1H3. The lowest BCUT2D eigenvalue weighted by atomic mass is 10.2. The number of thioether (sulfide) groups is 1. The van der Waals surface area contributed by atoms with Crippen LogP contribution in [0.15, 0.2) is 59.8 Å². The molecule has 0 atom stereocenters. The van der Waals surface area contributed by atoms with E-state index in [1.807, 2.05) is 24.3 Å². The summed E-state index contributed by atoms with van der Waals surface area (Å²) in [7, 11) is 0. The first-order valence-electron chi connectivity index (χ1n) is 6.44. The summed E-state index contributed by atoms with van der Waals surface area (Å²) in [6.07, 6.45) is 3.63. The predicted octanol–water partition coefficient (Wildman–Crippen LogP) is 2.96. The lowest BCUT2D eigenvalue weighted by Crippen LogP contribution is -1.97. The van der Waals surface area contributed by atoms with Crippen LogP contribution in [0.5, 0.6) is 5.75 Å². The van der Waals surface area contributed by atoms with Gasteiger partial charge in [-0.05, 0) is 58.6 Å². The second kappa shape index (κ2) is 6.41. The van der Waals surface area contributed by atoms with E-state index in [1.54, 1.807) is 22.8 Å². The van der Waals surface area contributed by atoms with E-state index in [9.17, 15) is 0 Å². The van der Waals surface area contributed by atoms with E-state index in [-0.39, 0.29) is 0 Å². The van der Waals surface area contributed by atoms with Crippen molar-refractivity contribution in [3.05, 3.63) is 60.4 Å². The Morgan fingerprint density at radius 3 is 2.43 bits per heavy atom. The number of benzene rings is 2. The normalized spacial score (nSPS) is 10.5. The fourth-order valence-electron chi connectivity index (χ4n) is 1.86. The number of nitrogens with zero attached hydrogens (tertiary/aromatic N) is 4. The van der Waals surface area contributed by atoms with Gasteiger partial charge >= 0.3 is 0 Å². The second-order valence-electron chi connectivity index (χ2n) is 4.39. The first kappa shape index (κ1) is 13.6. The zero-order valence-electron chi connectivity index (χ0n) is 11.5. The number of aromatic nitrogens is 4. The molecule has 21 heavy (non-hydrogen) atoms. The second-order valence-corrected chi connectivity index (χ2v) is 5.26. The molecule has 1 heterocycles. The summed E-state index contributed by atoms with van der Waals surface area (Å²) in [4.78, 5) is 1.25. The smallest absolute Gasteiger partial charge is 0.143 e. The lowest BCUT2D eigenvalue weighted by molar-refractivity contribution is 0.306. The first-order chi connectivity index (χ1) is 10.3. The van der Waals surface area contributed by atoms with Crippen LogP contribution in [0.4, 0.5) is 0 Å². The molecule has 0 radical (unpaired) electrons. The van der Waals surface area contributed by atoms with Crippen LogP contribution >= 0.6 is 11.8 Å². The average Bonchev–Trinajstić information content (AvgIpc) is 3.08. The topological polar surface area (TPSA) is 52.8 Å². The Labute approximate surface area is 126 Å². The first-order valence-corrected chi connectivity index (χ1v) is 7.67. The number of hydrogen-bond acceptors (Lipinski definition) is 5. The Hall–Kier alpha value is -2.34. The van der Waals surface area contributed by atoms with Crippen molar-refractivity contribution in [1.29, 1.82) is 0 Å². The van der Waals surface area contributed by atoms with Crippen molar-refractivity contribution in [2.24, 2.45) is 0 Å². The predicted molar refractivity (Wildman–Crippen MR) is 81.7 cm³/mol. The fourth-order valence-corrected chi connectivity index (χ4v) is 2.27. The maximum absolute atomic E-state index is 5.77. The highest BCUT2D eigenvalue weighted by Crippen LogP contribution is 2.18. The Morgan fingerprint density at radius 2 is 1.81 bits per heavy atom. The van der Waals surface area contributed by atoms with Crippen molar-refractivity contribution < 1.29 is 4.74 Å². The molecule has 0 aliphatic heterocycles. The Kier molecular flexibility index (Phi) is 4.16. The van der Waals surface area contributed by atoms with E-state index in [0.717, 1.165) is 17.0 Å². The number of hydrogen-bond donors (Lipinski definition) is 0. The molecule has 0 amide bonds. The summed E-state index contributed by atoms with van der Waals surface area (Å²) >= 11 is 1.73. The van der Waals surface area contributed by atoms with Gasteiger partial charge in [-0.1, -0.05) is 12.1 Å². The third-order valence-electron chi connectivity index (χ3n) is 3.01. The van der Waals surface area contributed by atoms with Crippen molar-refractivity contribution in [1.82, 2.24) is 20.2 Å². The third-order valence-corrected chi connectivity index (χ3v) is 3.76. The molecule has 1 aromatic heterocycles. The van der Waals surface area contributed by atoms with Crippen LogP contribution in [0.2, 0.25) is 0 Å². The van der Waals surface area contributed by atoms with Gasteiger partial charge in [0.05, 0.1) is 5.69 Å². The van der Waals surface area contributed by atoms with E-state index in [2.05, 4.69) is 46.0 Å². The molecule has 0 saturated heterocycles. The molecule has 0 unspecified atom stereocenters. The SMILES string of the molecule is CSc1ccc(COc2ccc(-n3cnnn3)cc2)cc1. The minimum absolute atomic E-state index is 0.554. The van der Waals surface area contributed by atoms with E-state index >= 15 is 0 Å². The van der Waals surface area contributed by atoms with Gasteiger partial charge in [-0.2, -0.15) is 0 Å². The maximum atomic E-state index is 5.77. The minimum atomic E-state index is 0.554. The molecule has 0 saturated carbocycles. The van der Waals surface area contributed by atoms with Crippen LogP contribution in [0.1, 0.15) is 5.56 Å². The highest BCUT2D eigenvalue weighted by Gasteiger charge is 2.00. The summed E-state index contributed by atoms with van der Waals surface area (Å²) in [5.74, 6) is 0.820. The molecule has 0 fully saturated rings. The lowest BCUT2D eigenvalue weighted by Gasteiger charge is -2.07. The molecule has 106 valence electrons. The van der Waals surface area contributed by atoms with Gasteiger partial charge in [0.25, 0.3) is 0 Å². The van der Waals surface area contributed by atoms with E-state index in [0.29, 0.717) is 6.61 Å². The molecular weight excluding hydrogens is 284 g/mol. The van der Waals surface area contributed by atoms with Gasteiger partial charge in [0, 0.05) is 4.90 Å². The van der Waals surface area contributed by atoms with Gasteiger partial charge in [-0.15, -0.1) is 16.9 Å². The van der Waals surface area contributed by atoms with Crippen LogP contribution in [-0.2, 0) is 6.61 Å². The minimum Gasteiger partial charge on any atom is -0.489 e. The van der Waals surface area contributed by atoms with Crippen molar-refractivity contribution in [2.45, 2.75) is 11.5 Å². The summed E-state index contributed by atoms with van der Waals surface area (Å²) in [6, 6.07) is 16.0. The number of tetrazole rings is 1. The van der Waals surface area contributed by atoms with Crippen LogP contribution in [0.25, 0.3) is 5.69 Å². The Balaban J connectivity index is 1.62. The fraction of sp³-hybridized carbons (Fsp3) is 0.133. The van der Waals surface area contributed by atoms with Crippen molar-refractivity contribution in [3.63, 3.8) is 0 Å². The highest BCUT2D eigenvalue weighted by atomic mass is 32.2. The Bertz CT molecular complexity index is 681. The van der Waals surface area contributed by atoms with Gasteiger partial charge in [-0.3, -0.25) is 0 Å². The molecule has 5 nitrogen and oxygen atoms in total. The molecule has 6 heteroatoms. The molecular formula is C15H14N4OS. The number of rotatable bonds is 5. The van der Waals surface area contributed by atoms with Crippen LogP contribution < -0.4 is 4.74 Å². The van der Waals surface area contributed by atoms with Crippen molar-refractivity contribution in [3.8, 4) is 11.4 Å². The van der Waals surface area contributed by atoms with E-state index in [4.69, 9.17) is 4.74 Å². The zero-order chi connectivity index (χ0) is 14.5. The molecule has 0 aliphatic carbocycles. The molecule has 0 N–H and O–H groups in total. The molecule has 2 aromatic carbocycles. The maximum Gasteiger partial charge on any atom is 0.143 e. The molecule has 3 aromatic rings. The van der Waals surface area contributed by atoms with Crippen LogP contribution in [-0.4, -0.2) is 26.5 Å². The van der Waals surface area contributed by atoms with E-state index in [1.165, 1.54) is 4.90 Å². The van der Waals surface area contributed by atoms with Gasteiger partial charge in [-0.25, -0.2) is 4.68 Å². The van der Waals surface area contributed by atoms with Gasteiger partial charge in [0.2, 0.25) is 0 Å². The third kappa shape index (κ3) is 3.41. The largest absolute Gasteiger partial charge is 0.489 e. The monoisotopic (exact) mass is 298 g/mol. The summed E-state index contributed by atoms with van der Waals surface area (Å²) in [6.45, 7) is 0.554. The van der Waals surface area contributed by atoms with Gasteiger partial charge in [0.1, 0.15) is 18.7 Å². The van der Waals surface area contributed by atoms with Gasteiger partial charge in [0.15, 0.2) is 0 Å². The van der Waals surface area contributed by atoms with Crippen molar-refractivity contribution >= 4 is 11.8 Å². The number of ether oxygens (including phenoxy) is 1. The molecule has 0 bridgehead atoms. The van der Waals surface area contributed by atoms with Crippen LogP contribution in [0, 0.1) is 0 Å². The quantitative estimate of drug-likeness (QED) is 0.678. The highest BCUT2D eigenvalue weighted by molar-refractivity contribution is 7.98. The van der Waals surface area contributed by atoms with Gasteiger partial charge < -0.3 is 4.74 Å².